The Morgan fingerprint density at radius 3 is 1.44 bits per heavy atom. The van der Waals surface area contributed by atoms with Crippen LogP contribution in [0, 0.1) is 0 Å². The van der Waals surface area contributed by atoms with Crippen LogP contribution in [0.5, 0.6) is 0 Å². The molecule has 0 spiro atoms. The van der Waals surface area contributed by atoms with Gasteiger partial charge in [0, 0.05) is 19.5 Å². The lowest BCUT2D eigenvalue weighted by Crippen LogP contribution is -2.12. The smallest absolute Gasteiger partial charge is 0.0590 e. The largest absolute Gasteiger partial charge is 0.342 e. The van der Waals surface area contributed by atoms with Gasteiger partial charge in [-0.25, -0.2) is 0 Å². The number of nitrogens with zero attached hydrogens (tertiary/aromatic N) is 3. The van der Waals surface area contributed by atoms with Crippen LogP contribution < -0.4 is 0 Å². The molecule has 0 saturated carbocycles. The summed E-state index contributed by atoms with van der Waals surface area (Å²) >= 11 is 0. The van der Waals surface area contributed by atoms with Crippen LogP contribution in [-0.4, -0.2) is 28.1 Å². The van der Waals surface area contributed by atoms with Gasteiger partial charge in [-0.15, -0.1) is 0 Å². The maximum Gasteiger partial charge on any atom is 0.0590 e. The Hall–Kier alpha value is -1.38. The third-order valence-corrected chi connectivity index (χ3v) is 2.37. The first-order chi connectivity index (χ1) is 8.08. The topological polar surface area (TPSA) is 29.6 Å². The monoisotopic (exact) mass is 247 g/mol. The third-order valence-electron chi connectivity index (χ3n) is 2.37. The van der Waals surface area contributed by atoms with E-state index in [1.807, 2.05) is 19.5 Å². The molecule has 1 rings (SSSR count). The first-order valence-electron chi connectivity index (χ1n) is 6.35. The van der Waals surface area contributed by atoms with Crippen LogP contribution in [0.1, 0.15) is 52.9 Å². The lowest BCUT2D eigenvalue weighted by atomic mass is 10.1. The molecule has 3 nitrogen and oxygen atoms in total. The number of aromatic nitrogens is 1. The van der Waals surface area contributed by atoms with E-state index >= 15 is 0 Å². The molecule has 0 atom stereocenters. The van der Waals surface area contributed by atoms with Gasteiger partial charge in [0.25, 0.3) is 0 Å². The van der Waals surface area contributed by atoms with Crippen molar-refractivity contribution >= 4 is 12.4 Å². The molecule has 0 aliphatic rings. The summed E-state index contributed by atoms with van der Waals surface area (Å²) in [5.74, 6) is 0. The average molecular weight is 247 g/mol. The van der Waals surface area contributed by atoms with Gasteiger partial charge >= 0.3 is 0 Å². The van der Waals surface area contributed by atoms with Crippen molar-refractivity contribution in [3.05, 3.63) is 23.5 Å². The van der Waals surface area contributed by atoms with Crippen molar-refractivity contribution in [2.75, 3.05) is 0 Å². The maximum atomic E-state index is 4.52. The Balaban J connectivity index is 2.92. The highest BCUT2D eigenvalue weighted by atomic mass is 15.0. The molecule has 18 heavy (non-hydrogen) atoms. The Morgan fingerprint density at radius 2 is 1.17 bits per heavy atom. The Bertz CT molecular complexity index is 410. The van der Waals surface area contributed by atoms with Crippen LogP contribution in [0.15, 0.2) is 22.1 Å². The lowest BCUT2D eigenvalue weighted by molar-refractivity contribution is 0.586. The predicted octanol–water partition coefficient (Wildman–Crippen LogP) is 3.46. The van der Waals surface area contributed by atoms with E-state index in [0.29, 0.717) is 0 Å². The average Bonchev–Trinajstić information content (AvgIpc) is 2.51. The SMILES string of the molecule is Cn1c(C=NC(C)(C)C)ccc1C=NC(C)(C)C. The van der Waals surface area contributed by atoms with Crippen LogP contribution >= 0.6 is 0 Å². The highest BCUT2D eigenvalue weighted by Gasteiger charge is 2.08. The van der Waals surface area contributed by atoms with Crippen molar-refractivity contribution in [3.8, 4) is 0 Å². The molecular weight excluding hydrogens is 222 g/mol. The summed E-state index contributed by atoms with van der Waals surface area (Å²) < 4.78 is 2.10. The third kappa shape index (κ3) is 4.86. The minimum Gasteiger partial charge on any atom is -0.342 e. The van der Waals surface area contributed by atoms with Crippen LogP contribution in [0.4, 0.5) is 0 Å². The summed E-state index contributed by atoms with van der Waals surface area (Å²) in [6, 6.07) is 4.14. The lowest BCUT2D eigenvalue weighted by Gasteiger charge is -2.12. The van der Waals surface area contributed by atoms with Crippen molar-refractivity contribution in [3.63, 3.8) is 0 Å². The van der Waals surface area contributed by atoms with Gasteiger partial charge in [0.2, 0.25) is 0 Å². The van der Waals surface area contributed by atoms with Gasteiger partial charge in [-0.05, 0) is 53.7 Å². The van der Waals surface area contributed by atoms with E-state index in [-0.39, 0.29) is 11.1 Å². The van der Waals surface area contributed by atoms with Crippen molar-refractivity contribution in [1.82, 2.24) is 4.57 Å². The summed E-state index contributed by atoms with van der Waals surface area (Å²) in [5.41, 5.74) is 2.12. The van der Waals surface area contributed by atoms with Gasteiger partial charge in [-0.3, -0.25) is 9.98 Å². The molecule has 0 radical (unpaired) electrons. The zero-order chi connectivity index (χ0) is 14.0. The first-order valence-corrected chi connectivity index (χ1v) is 6.35. The van der Waals surface area contributed by atoms with Crippen molar-refractivity contribution in [1.29, 1.82) is 0 Å². The molecular formula is C15H25N3. The van der Waals surface area contributed by atoms with Gasteiger partial charge in [-0.2, -0.15) is 0 Å². The molecule has 0 fully saturated rings. The van der Waals surface area contributed by atoms with Gasteiger partial charge in [0.1, 0.15) is 0 Å². The highest BCUT2D eigenvalue weighted by Crippen LogP contribution is 2.10. The summed E-state index contributed by atoms with van der Waals surface area (Å²) in [4.78, 5) is 9.04. The summed E-state index contributed by atoms with van der Waals surface area (Å²) in [7, 11) is 2.04. The summed E-state index contributed by atoms with van der Waals surface area (Å²) in [6.45, 7) is 12.6. The second-order valence-corrected chi connectivity index (χ2v) is 6.60. The minimum absolute atomic E-state index is 0.0378. The molecule has 0 amide bonds. The molecule has 100 valence electrons. The van der Waals surface area contributed by atoms with Gasteiger partial charge < -0.3 is 4.57 Å². The molecule has 1 aromatic heterocycles. The first kappa shape index (κ1) is 14.7. The normalized spacial score (nSPS) is 13.9. The fourth-order valence-electron chi connectivity index (χ4n) is 1.32. The number of rotatable bonds is 2. The van der Waals surface area contributed by atoms with Crippen molar-refractivity contribution in [2.24, 2.45) is 17.0 Å². The minimum atomic E-state index is -0.0378. The molecule has 0 N–H and O–H groups in total. The zero-order valence-electron chi connectivity index (χ0n) is 12.7. The zero-order valence-corrected chi connectivity index (χ0v) is 12.7. The van der Waals surface area contributed by atoms with Crippen LogP contribution in [0.3, 0.4) is 0 Å². The van der Waals surface area contributed by atoms with E-state index in [4.69, 9.17) is 0 Å². The Labute approximate surface area is 111 Å². The number of hydrogen-bond acceptors (Lipinski definition) is 2. The fourth-order valence-corrected chi connectivity index (χ4v) is 1.32. The van der Waals surface area contributed by atoms with Crippen LogP contribution in [0.2, 0.25) is 0 Å². The molecule has 0 aliphatic heterocycles. The van der Waals surface area contributed by atoms with Gasteiger partial charge in [-0.1, -0.05) is 0 Å². The highest BCUT2D eigenvalue weighted by molar-refractivity contribution is 5.84. The van der Waals surface area contributed by atoms with Gasteiger partial charge in [0.05, 0.1) is 22.5 Å². The predicted molar refractivity (Wildman–Crippen MR) is 80.1 cm³/mol. The van der Waals surface area contributed by atoms with E-state index in [1.165, 1.54) is 0 Å². The second-order valence-electron chi connectivity index (χ2n) is 6.60. The van der Waals surface area contributed by atoms with E-state index in [9.17, 15) is 0 Å². The van der Waals surface area contributed by atoms with E-state index in [1.54, 1.807) is 0 Å². The summed E-state index contributed by atoms with van der Waals surface area (Å²) in [5, 5.41) is 0. The van der Waals surface area contributed by atoms with E-state index < -0.39 is 0 Å². The van der Waals surface area contributed by atoms with Crippen molar-refractivity contribution in [2.45, 2.75) is 52.6 Å². The molecule has 3 heteroatoms. The Morgan fingerprint density at radius 1 is 0.833 bits per heavy atom. The number of aliphatic imine (C=N–C) groups is 2. The maximum absolute atomic E-state index is 4.52. The Kier molecular flexibility index (Phi) is 4.15. The molecule has 1 heterocycles. The van der Waals surface area contributed by atoms with E-state index in [2.05, 4.69) is 68.2 Å². The fraction of sp³-hybridized carbons (Fsp3) is 0.600. The van der Waals surface area contributed by atoms with E-state index in [0.717, 1.165) is 11.4 Å². The summed E-state index contributed by atoms with van der Waals surface area (Å²) in [6.07, 6.45) is 3.85. The molecule has 0 aromatic carbocycles. The molecule has 1 aromatic rings. The number of hydrogen-bond donors (Lipinski definition) is 0. The standard InChI is InChI=1S/C15H25N3/c1-14(2,3)16-10-12-8-9-13(18(12)7)11-17-15(4,5)6/h8-11H,1-7H3. The second kappa shape index (κ2) is 5.09. The van der Waals surface area contributed by atoms with Crippen LogP contribution in [0.25, 0.3) is 0 Å². The molecule has 0 bridgehead atoms. The van der Waals surface area contributed by atoms with Gasteiger partial charge in [0.15, 0.2) is 0 Å². The molecule has 0 saturated heterocycles. The van der Waals surface area contributed by atoms with Crippen molar-refractivity contribution < 1.29 is 0 Å². The molecule has 0 aliphatic carbocycles. The quantitative estimate of drug-likeness (QED) is 0.716. The van der Waals surface area contributed by atoms with Crippen LogP contribution in [-0.2, 0) is 7.05 Å². The molecule has 0 unspecified atom stereocenters.